The number of rotatable bonds is 0. The van der Waals surface area contributed by atoms with E-state index >= 15 is 0 Å². The highest BCUT2D eigenvalue weighted by molar-refractivity contribution is 5.24. The van der Waals surface area contributed by atoms with Crippen molar-refractivity contribution in [2.75, 3.05) is 0 Å². The largest absolute Gasteiger partial charge is 0.390 e. The lowest BCUT2D eigenvalue weighted by Crippen LogP contribution is -2.33. The molecule has 0 aromatic heterocycles. The van der Waals surface area contributed by atoms with Gasteiger partial charge in [-0.15, -0.1) is 0 Å². The van der Waals surface area contributed by atoms with Crippen molar-refractivity contribution < 1.29 is 5.11 Å². The van der Waals surface area contributed by atoms with E-state index in [9.17, 15) is 5.11 Å². The molecule has 14 heavy (non-hydrogen) atoms. The summed E-state index contributed by atoms with van der Waals surface area (Å²) < 4.78 is 0. The number of aliphatic hydroxyl groups is 1. The van der Waals surface area contributed by atoms with Gasteiger partial charge in [-0.3, -0.25) is 0 Å². The Kier molecular flexibility index (Phi) is 1.77. The van der Waals surface area contributed by atoms with E-state index in [0.717, 1.165) is 12.8 Å². The first-order valence-electron chi connectivity index (χ1n) is 5.89. The third kappa shape index (κ3) is 0.946. The zero-order chi connectivity index (χ0) is 10.8. The lowest BCUT2D eigenvalue weighted by molar-refractivity contribution is -0.00678. The fourth-order valence-corrected chi connectivity index (χ4v) is 4.01. The predicted molar refractivity (Wildman–Crippen MR) is 59.1 cm³/mol. The minimum absolute atomic E-state index is 0.389. The average molecular weight is 196 g/mol. The molecular formula is C13H24O. The summed E-state index contributed by atoms with van der Waals surface area (Å²) in [7, 11) is 0. The van der Waals surface area contributed by atoms with Crippen LogP contribution in [0.3, 0.4) is 0 Å². The van der Waals surface area contributed by atoms with Crippen LogP contribution in [0.5, 0.6) is 0 Å². The number of hydrogen-bond acceptors (Lipinski definition) is 1. The zero-order valence-electron chi connectivity index (χ0n) is 10.3. The standard InChI is InChI=1S/C13H24O/c1-10(2)11(3,4)13(10)8-6-12(5,14)7-9-13/h14H,6-9H2,1-5H3. The van der Waals surface area contributed by atoms with Crippen molar-refractivity contribution in [1.29, 1.82) is 0 Å². The molecule has 0 aromatic rings. The van der Waals surface area contributed by atoms with Crippen molar-refractivity contribution in [3.05, 3.63) is 0 Å². The summed E-state index contributed by atoms with van der Waals surface area (Å²) in [6.07, 6.45) is 4.39. The third-order valence-corrected chi connectivity index (χ3v) is 6.07. The van der Waals surface area contributed by atoms with E-state index in [2.05, 4.69) is 27.7 Å². The molecule has 0 amide bonds. The molecule has 2 aliphatic carbocycles. The fourth-order valence-electron chi connectivity index (χ4n) is 4.01. The Labute approximate surface area is 87.9 Å². The van der Waals surface area contributed by atoms with Crippen LogP contribution in [-0.4, -0.2) is 10.7 Å². The average Bonchev–Trinajstić information content (AvgIpc) is 2.34. The molecular weight excluding hydrogens is 172 g/mol. The predicted octanol–water partition coefficient (Wildman–Crippen LogP) is 3.36. The van der Waals surface area contributed by atoms with Crippen LogP contribution < -0.4 is 0 Å². The molecule has 2 aliphatic rings. The van der Waals surface area contributed by atoms with Crippen LogP contribution in [0.1, 0.15) is 60.3 Å². The van der Waals surface area contributed by atoms with Gasteiger partial charge in [-0.1, -0.05) is 27.7 Å². The minimum Gasteiger partial charge on any atom is -0.390 e. The van der Waals surface area contributed by atoms with Crippen molar-refractivity contribution in [1.82, 2.24) is 0 Å². The highest BCUT2D eigenvalue weighted by Gasteiger charge is 2.76. The Bertz CT molecular complexity index is 234. The second-order valence-corrected chi connectivity index (χ2v) is 6.83. The molecule has 0 atom stereocenters. The van der Waals surface area contributed by atoms with Gasteiger partial charge < -0.3 is 5.11 Å². The molecule has 0 aliphatic heterocycles. The second-order valence-electron chi connectivity index (χ2n) is 6.83. The van der Waals surface area contributed by atoms with Gasteiger partial charge in [0.2, 0.25) is 0 Å². The van der Waals surface area contributed by atoms with Gasteiger partial charge in [-0.25, -0.2) is 0 Å². The molecule has 0 saturated heterocycles. The van der Waals surface area contributed by atoms with Crippen LogP contribution >= 0.6 is 0 Å². The lowest BCUT2D eigenvalue weighted by Gasteiger charge is -2.36. The van der Waals surface area contributed by atoms with E-state index in [0.29, 0.717) is 16.2 Å². The monoisotopic (exact) mass is 196 g/mol. The fraction of sp³-hybridized carbons (Fsp3) is 1.00. The molecule has 0 bridgehead atoms. The summed E-state index contributed by atoms with van der Waals surface area (Å²) >= 11 is 0. The van der Waals surface area contributed by atoms with Gasteiger partial charge in [0, 0.05) is 0 Å². The smallest absolute Gasteiger partial charge is 0.0620 e. The first kappa shape index (κ1) is 10.5. The molecule has 0 heterocycles. The van der Waals surface area contributed by atoms with Gasteiger partial charge in [0.15, 0.2) is 0 Å². The number of hydrogen-bond donors (Lipinski definition) is 1. The second kappa shape index (κ2) is 2.37. The van der Waals surface area contributed by atoms with E-state index in [1.807, 2.05) is 6.92 Å². The molecule has 0 unspecified atom stereocenters. The molecule has 2 rings (SSSR count). The van der Waals surface area contributed by atoms with Crippen LogP contribution in [0.15, 0.2) is 0 Å². The summed E-state index contributed by atoms with van der Waals surface area (Å²) in [5.74, 6) is 0. The third-order valence-electron chi connectivity index (χ3n) is 6.07. The van der Waals surface area contributed by atoms with Crippen molar-refractivity contribution in [2.24, 2.45) is 16.2 Å². The van der Waals surface area contributed by atoms with Crippen LogP contribution in [0, 0.1) is 16.2 Å². The lowest BCUT2D eigenvalue weighted by atomic mass is 9.73. The Morgan fingerprint density at radius 1 is 0.714 bits per heavy atom. The van der Waals surface area contributed by atoms with E-state index in [1.165, 1.54) is 12.8 Å². The first-order valence-corrected chi connectivity index (χ1v) is 5.89. The normalized spacial score (nSPS) is 35.6. The molecule has 0 aromatic carbocycles. The summed E-state index contributed by atoms with van der Waals surface area (Å²) in [4.78, 5) is 0. The van der Waals surface area contributed by atoms with E-state index in [4.69, 9.17) is 0 Å². The highest BCUT2D eigenvalue weighted by Crippen LogP contribution is 2.82. The molecule has 1 nitrogen and oxygen atoms in total. The molecule has 1 N–H and O–H groups in total. The quantitative estimate of drug-likeness (QED) is 0.630. The molecule has 2 saturated carbocycles. The van der Waals surface area contributed by atoms with Crippen LogP contribution in [0.25, 0.3) is 0 Å². The van der Waals surface area contributed by atoms with Crippen molar-refractivity contribution in [2.45, 2.75) is 65.9 Å². The first-order chi connectivity index (χ1) is 6.16. The van der Waals surface area contributed by atoms with E-state index in [1.54, 1.807) is 0 Å². The molecule has 1 spiro atoms. The topological polar surface area (TPSA) is 20.2 Å². The molecule has 82 valence electrons. The Balaban J connectivity index is 2.17. The Morgan fingerprint density at radius 3 is 1.36 bits per heavy atom. The highest BCUT2D eigenvalue weighted by atomic mass is 16.3. The Morgan fingerprint density at radius 2 is 1.07 bits per heavy atom. The van der Waals surface area contributed by atoms with E-state index in [-0.39, 0.29) is 5.60 Å². The van der Waals surface area contributed by atoms with Crippen molar-refractivity contribution in [3.8, 4) is 0 Å². The summed E-state index contributed by atoms with van der Waals surface area (Å²) in [6, 6.07) is 0. The van der Waals surface area contributed by atoms with Gasteiger partial charge in [0.05, 0.1) is 5.60 Å². The van der Waals surface area contributed by atoms with Gasteiger partial charge in [0.25, 0.3) is 0 Å². The van der Waals surface area contributed by atoms with Gasteiger partial charge in [-0.2, -0.15) is 0 Å². The van der Waals surface area contributed by atoms with Crippen molar-refractivity contribution >= 4 is 0 Å². The summed E-state index contributed by atoms with van der Waals surface area (Å²) in [5, 5.41) is 9.97. The van der Waals surface area contributed by atoms with Crippen LogP contribution in [0.4, 0.5) is 0 Å². The van der Waals surface area contributed by atoms with Crippen LogP contribution in [0.2, 0.25) is 0 Å². The van der Waals surface area contributed by atoms with Crippen molar-refractivity contribution in [3.63, 3.8) is 0 Å². The maximum atomic E-state index is 9.97. The van der Waals surface area contributed by atoms with E-state index < -0.39 is 0 Å². The SMILES string of the molecule is CC1(O)CCC2(CC1)C(C)(C)C2(C)C. The maximum absolute atomic E-state index is 9.97. The van der Waals surface area contributed by atoms with Crippen LogP contribution in [-0.2, 0) is 0 Å². The molecule has 0 radical (unpaired) electrons. The van der Waals surface area contributed by atoms with Gasteiger partial charge >= 0.3 is 0 Å². The maximum Gasteiger partial charge on any atom is 0.0620 e. The summed E-state index contributed by atoms with van der Waals surface area (Å²) in [5.41, 5.74) is 1.06. The summed E-state index contributed by atoms with van der Waals surface area (Å²) in [6.45, 7) is 11.6. The minimum atomic E-state index is -0.389. The zero-order valence-corrected chi connectivity index (χ0v) is 10.3. The Hall–Kier alpha value is -0.0400. The molecule has 2 fully saturated rings. The molecule has 1 heteroatoms. The van der Waals surface area contributed by atoms with Gasteiger partial charge in [0.1, 0.15) is 0 Å². The van der Waals surface area contributed by atoms with Gasteiger partial charge in [-0.05, 0) is 48.9 Å².